The van der Waals surface area contributed by atoms with E-state index in [0.717, 1.165) is 50.8 Å². The van der Waals surface area contributed by atoms with Crippen molar-refractivity contribution in [2.24, 2.45) is 0 Å². The molecule has 0 saturated heterocycles. The molecule has 12 rings (SSSR count). The van der Waals surface area contributed by atoms with E-state index in [1.165, 1.54) is 0 Å². The number of rotatable bonds is 10. The maximum Gasteiger partial charge on any atom is 0.219 e. The zero-order valence-corrected chi connectivity index (χ0v) is 40.9. The Balaban J connectivity index is 0.000000165. The first kappa shape index (κ1) is 45.7. The molecule has 2 aliphatic rings. The van der Waals surface area contributed by atoms with Crippen molar-refractivity contribution in [3.63, 3.8) is 0 Å². The van der Waals surface area contributed by atoms with Gasteiger partial charge in [0.1, 0.15) is 22.7 Å². The maximum atomic E-state index is 6.37. The monoisotopic (exact) mass is 1190 g/mol. The molecule has 6 heterocycles. The van der Waals surface area contributed by atoms with Crippen LogP contribution in [-0.2, 0) is 21.1 Å². The van der Waals surface area contributed by atoms with E-state index in [-0.39, 0.29) is 45.0 Å². The summed E-state index contributed by atoms with van der Waals surface area (Å²) in [5.74, 6) is 4.36. The summed E-state index contributed by atoms with van der Waals surface area (Å²) in [6, 6.07) is 52.8. The number of ether oxygens (including phenoxy) is 4. The number of furan rings is 2. The van der Waals surface area contributed by atoms with E-state index in [2.05, 4.69) is 44.2 Å². The molecule has 0 bridgehead atoms. The summed E-state index contributed by atoms with van der Waals surface area (Å²) >= 11 is 0. The van der Waals surface area contributed by atoms with Crippen LogP contribution >= 0.6 is 0 Å². The summed E-state index contributed by atoms with van der Waals surface area (Å²) in [4.78, 5) is 16.7. The van der Waals surface area contributed by atoms with Gasteiger partial charge in [0.2, 0.25) is 11.8 Å². The normalized spacial score (nSPS) is 12.9. The third kappa shape index (κ3) is 9.80. The van der Waals surface area contributed by atoms with Gasteiger partial charge in [0, 0.05) is 111 Å². The number of hydrogen-bond acceptors (Lipinski definition) is 12. The third-order valence-corrected chi connectivity index (χ3v) is 10.7. The molecule has 342 valence electrons. The van der Waals surface area contributed by atoms with Crippen LogP contribution in [0.2, 0.25) is 0 Å². The number of anilines is 2. The van der Waals surface area contributed by atoms with Crippen molar-refractivity contribution in [3.05, 3.63) is 202 Å². The molecular weight excluding hydrogens is 1150 g/mol. The Morgan fingerprint density at radius 3 is 1.94 bits per heavy atom. The summed E-state index contributed by atoms with van der Waals surface area (Å²) in [5.41, 5.74) is 4.74. The van der Waals surface area contributed by atoms with Gasteiger partial charge < -0.3 is 71.4 Å². The van der Waals surface area contributed by atoms with Crippen LogP contribution in [0, 0.1) is 18.8 Å². The number of hydrogen-bond donors (Lipinski definition) is 0. The minimum Gasteiger partial charge on any atom is -1.00 e. The molecule has 0 unspecified atom stereocenters. The second-order valence-electron chi connectivity index (χ2n) is 15.5. The van der Waals surface area contributed by atoms with Crippen LogP contribution in [0.25, 0.3) is 43.9 Å². The van der Waals surface area contributed by atoms with Crippen molar-refractivity contribution in [3.8, 4) is 46.3 Å². The molecule has 14 heteroatoms. The smallest absolute Gasteiger partial charge is 0.219 e. The predicted octanol–water partition coefficient (Wildman–Crippen LogP) is 10.3. The molecule has 0 aliphatic carbocycles. The van der Waals surface area contributed by atoms with Gasteiger partial charge in [-0.15, -0.1) is 30.0 Å². The summed E-state index contributed by atoms with van der Waals surface area (Å²) in [5, 5.41) is 3.77. The van der Waals surface area contributed by atoms with Gasteiger partial charge in [0.15, 0.2) is 11.3 Å². The molecule has 10 aromatic rings. The van der Waals surface area contributed by atoms with Crippen LogP contribution in [0.4, 0.5) is 11.4 Å². The second kappa shape index (κ2) is 20.2. The van der Waals surface area contributed by atoms with Gasteiger partial charge in [-0.2, -0.15) is 12.7 Å². The Morgan fingerprint density at radius 1 is 0.559 bits per heavy atom. The second-order valence-corrected chi connectivity index (χ2v) is 15.5. The third-order valence-electron chi connectivity index (χ3n) is 10.7. The Morgan fingerprint density at radius 2 is 1.25 bits per heavy atom. The van der Waals surface area contributed by atoms with Gasteiger partial charge >= 0.3 is 0 Å². The molecule has 4 aromatic heterocycles. The van der Waals surface area contributed by atoms with Gasteiger partial charge in [-0.1, -0.05) is 66.0 Å². The first-order chi connectivity index (χ1) is 32.5. The fourth-order valence-corrected chi connectivity index (χ4v) is 7.69. The van der Waals surface area contributed by atoms with Gasteiger partial charge in [-0.05, 0) is 61.9 Å². The first-order valence-electron chi connectivity index (χ1n) is 21.1. The number of fused-ring (bicyclic) bond motifs is 6. The van der Waals surface area contributed by atoms with Crippen molar-refractivity contribution < 1.29 is 72.8 Å². The van der Waals surface area contributed by atoms with Gasteiger partial charge in [0.25, 0.3) is 0 Å². The van der Waals surface area contributed by atoms with Crippen molar-refractivity contribution in [2.75, 3.05) is 30.6 Å². The number of para-hydroxylation sites is 2. The van der Waals surface area contributed by atoms with E-state index in [4.69, 9.17) is 27.8 Å². The van der Waals surface area contributed by atoms with Crippen molar-refractivity contribution in [1.82, 2.24) is 19.8 Å². The average molecular weight is 1190 g/mol. The zero-order valence-electron chi connectivity index (χ0n) is 36.4. The van der Waals surface area contributed by atoms with Crippen LogP contribution in [0.1, 0.15) is 0 Å². The fourth-order valence-electron chi connectivity index (χ4n) is 7.69. The number of aromatic nitrogens is 2. The predicted molar refractivity (Wildman–Crippen MR) is 255 cm³/mol. The molecule has 0 amide bonds. The molecule has 0 radical (unpaired) electrons. The quantitative estimate of drug-likeness (QED) is 0.0963. The molecule has 68 heavy (non-hydrogen) atoms. The number of benzene rings is 6. The summed E-state index contributed by atoms with van der Waals surface area (Å²) in [6.45, 7) is 2.76. The van der Waals surface area contributed by atoms with Crippen LogP contribution in [0.5, 0.6) is 46.3 Å². The van der Waals surface area contributed by atoms with E-state index < -0.39 is 0 Å². The molecule has 12 nitrogen and oxygen atoms in total. The summed E-state index contributed by atoms with van der Waals surface area (Å²) in [6.07, 6.45) is 11.4. The number of nitrogens with zero attached hydrogens (tertiary/aromatic N) is 6. The van der Waals surface area contributed by atoms with E-state index >= 15 is 0 Å². The van der Waals surface area contributed by atoms with E-state index in [1.54, 1.807) is 18.5 Å². The van der Waals surface area contributed by atoms with Crippen LogP contribution in [-0.4, -0.2) is 40.5 Å². The number of pyridine rings is 2. The Hall–Kier alpha value is -7.48. The van der Waals surface area contributed by atoms with E-state index in [9.17, 15) is 0 Å². The molecule has 6 aromatic carbocycles. The van der Waals surface area contributed by atoms with Crippen molar-refractivity contribution in [1.29, 1.82) is 0 Å². The van der Waals surface area contributed by atoms with Gasteiger partial charge in [0.05, 0.1) is 18.0 Å². The zero-order chi connectivity index (χ0) is 44.4. The SMILES string of the molecule is CN1C=CN(c2[c-]c(Oc3[c-]c(Oc4ccccn4)cc4c3oc3ccccc34)ccc2)[CH-]1.CN1C=CN(c2cccc(Oc3cc(Oc4ccccn4)cc4c3oc3ccccc34)c2)C1.[I-].[Pt]. The molecular formula is C54H39IN6O6Pt-4. The molecule has 0 N–H and O–H groups in total. The maximum absolute atomic E-state index is 6.37. The van der Waals surface area contributed by atoms with E-state index in [0.29, 0.717) is 57.4 Å². The minimum atomic E-state index is 0. The standard InChI is InChI=1S/C27H21N3O3.C27H18N3O3.HI.Pt/c2*1-29-13-14-30(18-29)19-7-6-8-20(15-19)31-25-17-21(32-26-11-4-5-12-28-26)16-23-22-9-2-3-10-24(22)33-27(23)25;;/h2-17H,18H2,1H3;2-14,16,18H,1H3;1H;/q;-3;;/p-1. The van der Waals surface area contributed by atoms with Crippen LogP contribution in [0.3, 0.4) is 0 Å². The van der Waals surface area contributed by atoms with Crippen LogP contribution < -0.4 is 52.7 Å². The fraction of sp³-hybridized carbons (Fsp3) is 0.0556. The summed E-state index contributed by atoms with van der Waals surface area (Å²) in [7, 11) is 4.01. The molecule has 0 spiro atoms. The molecule has 0 atom stereocenters. The molecule has 0 saturated carbocycles. The van der Waals surface area contributed by atoms with Gasteiger partial charge in [-0.3, -0.25) is 0 Å². The topological polar surface area (TPSA) is 102 Å². The van der Waals surface area contributed by atoms with Crippen molar-refractivity contribution in [2.45, 2.75) is 0 Å². The average Bonchev–Trinajstić information content (AvgIpc) is 4.16. The largest absolute Gasteiger partial charge is 1.00 e. The Bertz CT molecular complexity index is 3190. The Labute approximate surface area is 423 Å². The molecule has 0 fully saturated rings. The first-order valence-corrected chi connectivity index (χ1v) is 21.1. The van der Waals surface area contributed by atoms with Crippen molar-refractivity contribution >= 4 is 55.3 Å². The van der Waals surface area contributed by atoms with E-state index in [1.807, 2.05) is 183 Å². The number of halogens is 1. The summed E-state index contributed by atoms with van der Waals surface area (Å²) < 4.78 is 36.9. The Kier molecular flexibility index (Phi) is 13.5. The van der Waals surface area contributed by atoms with Gasteiger partial charge in [-0.25, -0.2) is 9.97 Å². The minimum absolute atomic E-state index is 0. The molecule has 2 aliphatic heterocycles. The van der Waals surface area contributed by atoms with Crippen LogP contribution in [0.15, 0.2) is 192 Å².